The van der Waals surface area contributed by atoms with Crippen LogP contribution in [0, 0.1) is 17.0 Å². The van der Waals surface area contributed by atoms with Crippen molar-refractivity contribution in [2.45, 2.75) is 72.0 Å². The molecule has 1 aromatic heterocycles. The number of carbonyl (C=O) groups excluding carboxylic acids is 1. The Morgan fingerprint density at radius 3 is 2.42 bits per heavy atom. The Hall–Kier alpha value is -3.31. The first-order valence-corrected chi connectivity index (χ1v) is 13.2. The number of benzene rings is 2. The summed E-state index contributed by atoms with van der Waals surface area (Å²) in [6.07, 6.45) is -3.02. The molecule has 0 bridgehead atoms. The van der Waals surface area contributed by atoms with Gasteiger partial charge in [-0.15, -0.1) is 0 Å². The minimum absolute atomic E-state index is 0.0954. The molecule has 7 nitrogen and oxygen atoms in total. The van der Waals surface area contributed by atoms with E-state index in [-0.39, 0.29) is 42.6 Å². The molecule has 0 radical (unpaired) electrons. The monoisotopic (exact) mass is 563 g/mol. The summed E-state index contributed by atoms with van der Waals surface area (Å²) in [7, 11) is 0. The van der Waals surface area contributed by atoms with E-state index < -0.39 is 48.1 Å². The first-order valence-electron chi connectivity index (χ1n) is 13.2. The van der Waals surface area contributed by atoms with Gasteiger partial charge in [-0.05, 0) is 47.1 Å². The molecular weight excluding hydrogens is 526 g/mol. The fourth-order valence-electron chi connectivity index (χ4n) is 4.58. The molecule has 1 heterocycles. The molecule has 0 saturated heterocycles. The molecule has 3 aromatic rings. The summed E-state index contributed by atoms with van der Waals surface area (Å²) < 4.78 is 56.8. The number of carbonyl (C=O) groups is 1. The van der Waals surface area contributed by atoms with Crippen LogP contribution in [0.4, 0.5) is 17.6 Å². The van der Waals surface area contributed by atoms with Gasteiger partial charge in [0.2, 0.25) is 5.91 Å². The van der Waals surface area contributed by atoms with E-state index in [1.807, 2.05) is 45.0 Å². The third-order valence-electron chi connectivity index (χ3n) is 6.68. The number of hydrogen-bond acceptors (Lipinski definition) is 5. The fourth-order valence-corrected chi connectivity index (χ4v) is 4.58. The number of hydrogen-bond donors (Lipinski definition) is 2. The predicted octanol–water partition coefficient (Wildman–Crippen LogP) is 5.29. The zero-order valence-corrected chi connectivity index (χ0v) is 23.4. The van der Waals surface area contributed by atoms with Crippen LogP contribution in [-0.2, 0) is 11.3 Å². The quantitative estimate of drug-likeness (QED) is 0.309. The summed E-state index contributed by atoms with van der Waals surface area (Å²) in [5.41, 5.74) is 6.61. The molecule has 2 aromatic carbocycles. The van der Waals surface area contributed by atoms with Gasteiger partial charge in [-0.1, -0.05) is 58.9 Å². The maximum Gasteiger partial charge on any atom is 0.253 e. The van der Waals surface area contributed by atoms with Crippen molar-refractivity contribution in [3.8, 4) is 11.4 Å². The van der Waals surface area contributed by atoms with Crippen LogP contribution >= 0.6 is 0 Å². The Balaban J connectivity index is 2.21. The first kappa shape index (κ1) is 31.2. The number of aromatic nitrogens is 3. The number of aliphatic hydroxyl groups is 1. The molecule has 0 aliphatic carbocycles. The molecule has 218 valence electrons. The zero-order valence-electron chi connectivity index (χ0n) is 23.4. The van der Waals surface area contributed by atoms with E-state index in [2.05, 4.69) is 23.9 Å². The summed E-state index contributed by atoms with van der Waals surface area (Å²) in [6, 6.07) is 8.38. The van der Waals surface area contributed by atoms with Gasteiger partial charge in [0.25, 0.3) is 6.43 Å². The van der Waals surface area contributed by atoms with Gasteiger partial charge in [-0.3, -0.25) is 4.79 Å². The Bertz CT molecular complexity index is 1310. The van der Waals surface area contributed by atoms with Gasteiger partial charge in [0.05, 0.1) is 24.2 Å². The van der Waals surface area contributed by atoms with Crippen molar-refractivity contribution in [1.29, 1.82) is 0 Å². The van der Waals surface area contributed by atoms with E-state index in [1.54, 1.807) is 0 Å². The summed E-state index contributed by atoms with van der Waals surface area (Å²) in [4.78, 5) is 18.9. The highest BCUT2D eigenvalue weighted by atomic mass is 19.3. The highest BCUT2D eigenvalue weighted by molar-refractivity contribution is 5.77. The normalized spacial score (nSPS) is 13.6. The molecule has 0 aliphatic rings. The zero-order chi connectivity index (χ0) is 29.8. The highest BCUT2D eigenvalue weighted by Gasteiger charge is 2.39. The van der Waals surface area contributed by atoms with E-state index in [1.165, 1.54) is 9.58 Å². The molecule has 1 amide bonds. The average molecular weight is 564 g/mol. The van der Waals surface area contributed by atoms with E-state index in [0.29, 0.717) is 0 Å². The maximum absolute atomic E-state index is 14.8. The van der Waals surface area contributed by atoms with Crippen molar-refractivity contribution in [3.63, 3.8) is 0 Å². The Morgan fingerprint density at radius 1 is 1.12 bits per heavy atom. The topological polar surface area (TPSA) is 97.3 Å². The van der Waals surface area contributed by atoms with Crippen LogP contribution in [0.25, 0.3) is 11.4 Å². The van der Waals surface area contributed by atoms with Crippen LogP contribution in [0.2, 0.25) is 0 Å². The second-order valence-electron chi connectivity index (χ2n) is 11.3. The largest absolute Gasteiger partial charge is 0.387 e. The fraction of sp³-hybridized carbons (Fsp3) is 0.483. The van der Waals surface area contributed by atoms with Crippen LogP contribution in [-0.4, -0.2) is 56.3 Å². The number of alkyl halides is 2. The van der Waals surface area contributed by atoms with E-state index in [0.717, 1.165) is 29.3 Å². The molecule has 0 saturated carbocycles. The van der Waals surface area contributed by atoms with Crippen LogP contribution < -0.4 is 5.73 Å². The molecule has 40 heavy (non-hydrogen) atoms. The summed E-state index contributed by atoms with van der Waals surface area (Å²) in [5, 5.41) is 14.3. The minimum Gasteiger partial charge on any atom is -0.387 e. The second kappa shape index (κ2) is 12.9. The molecule has 3 rings (SSSR count). The van der Waals surface area contributed by atoms with Crippen molar-refractivity contribution in [3.05, 3.63) is 71.1 Å². The molecule has 0 fully saturated rings. The van der Waals surface area contributed by atoms with Gasteiger partial charge in [0.1, 0.15) is 18.2 Å². The van der Waals surface area contributed by atoms with Gasteiger partial charge in [0, 0.05) is 6.54 Å². The number of aliphatic hydroxyl groups excluding tert-OH is 1. The van der Waals surface area contributed by atoms with Crippen LogP contribution in [0.15, 0.2) is 42.5 Å². The summed E-state index contributed by atoms with van der Waals surface area (Å²) in [6.45, 7) is 8.71. The molecular formula is C29H37F4N5O2. The molecule has 11 heteroatoms. The number of nitrogens with two attached hydrogens (primary N) is 1. The molecule has 0 aliphatic heterocycles. The predicted molar refractivity (Wildman–Crippen MR) is 145 cm³/mol. The average Bonchev–Trinajstić information content (AvgIpc) is 3.28. The van der Waals surface area contributed by atoms with Crippen molar-refractivity contribution in [2.75, 3.05) is 13.2 Å². The maximum atomic E-state index is 14.8. The SMILES string of the molecule is CC(C)c1cccc(Cn2nc(-c3cc(F)ccc3F)nc2[C@H](N(CC[C@@H](N)C(F)F)C(=O)CO)C(C)(C)C)c1. The number of rotatable bonds is 11. The molecule has 3 N–H and O–H groups in total. The lowest BCUT2D eigenvalue weighted by atomic mass is 9.84. The van der Waals surface area contributed by atoms with Crippen molar-refractivity contribution >= 4 is 5.91 Å². The minimum atomic E-state index is -2.79. The smallest absolute Gasteiger partial charge is 0.253 e. The van der Waals surface area contributed by atoms with Crippen molar-refractivity contribution in [1.82, 2.24) is 19.7 Å². The lowest BCUT2D eigenvalue weighted by Crippen LogP contribution is -2.46. The van der Waals surface area contributed by atoms with Gasteiger partial charge < -0.3 is 15.7 Å². The van der Waals surface area contributed by atoms with Gasteiger partial charge in [-0.25, -0.2) is 27.2 Å². The van der Waals surface area contributed by atoms with Crippen LogP contribution in [0.1, 0.15) is 70.0 Å². The van der Waals surface area contributed by atoms with Gasteiger partial charge in [0.15, 0.2) is 11.6 Å². The lowest BCUT2D eigenvalue weighted by molar-refractivity contribution is -0.140. The Labute approximate surface area is 232 Å². The number of amides is 1. The standard InChI is InChI=1S/C29H37F4N5O2/c1-17(2)19-8-6-7-18(13-19)15-38-28(35-27(36-38)21-14-20(30)9-10-22(21)31)25(29(3,4)5)37(24(40)16-39)12-11-23(34)26(32)33/h6-10,13-14,17,23,25-26,39H,11-12,15-16,34H2,1-5H3/t23-,25+/m1/s1. The van der Waals surface area contributed by atoms with Crippen molar-refractivity contribution < 1.29 is 27.5 Å². The van der Waals surface area contributed by atoms with Crippen LogP contribution in [0.3, 0.4) is 0 Å². The summed E-state index contributed by atoms with van der Waals surface area (Å²) in [5.74, 6) is -1.73. The number of nitrogens with zero attached hydrogens (tertiary/aromatic N) is 4. The van der Waals surface area contributed by atoms with E-state index in [9.17, 15) is 27.5 Å². The Morgan fingerprint density at radius 2 is 1.82 bits per heavy atom. The highest BCUT2D eigenvalue weighted by Crippen LogP contribution is 2.39. The van der Waals surface area contributed by atoms with E-state index >= 15 is 0 Å². The second-order valence-corrected chi connectivity index (χ2v) is 11.3. The lowest BCUT2D eigenvalue weighted by Gasteiger charge is -2.39. The van der Waals surface area contributed by atoms with Gasteiger partial charge in [-0.2, -0.15) is 5.10 Å². The summed E-state index contributed by atoms with van der Waals surface area (Å²) >= 11 is 0. The third-order valence-corrected chi connectivity index (χ3v) is 6.68. The van der Waals surface area contributed by atoms with E-state index in [4.69, 9.17) is 5.73 Å². The first-order chi connectivity index (χ1) is 18.7. The van der Waals surface area contributed by atoms with Crippen LogP contribution in [0.5, 0.6) is 0 Å². The van der Waals surface area contributed by atoms with Gasteiger partial charge >= 0.3 is 0 Å². The molecule has 2 atom stereocenters. The number of halogens is 4. The third kappa shape index (κ3) is 7.45. The Kier molecular flexibility index (Phi) is 10.1. The molecule has 0 spiro atoms. The molecule has 0 unspecified atom stereocenters. The van der Waals surface area contributed by atoms with Crippen molar-refractivity contribution in [2.24, 2.45) is 11.1 Å².